The number of aryl methyl sites for hydroxylation is 2. The number of hydrogen-bond acceptors (Lipinski definition) is 4. The van der Waals surface area contributed by atoms with Gasteiger partial charge in [-0.15, -0.1) is 0 Å². The van der Waals surface area contributed by atoms with E-state index in [1.165, 1.54) is 6.92 Å². The van der Waals surface area contributed by atoms with Gasteiger partial charge in [-0.25, -0.2) is 0 Å². The van der Waals surface area contributed by atoms with Crippen molar-refractivity contribution >= 4 is 23.4 Å². The van der Waals surface area contributed by atoms with Crippen LogP contribution in [0.25, 0.3) is 0 Å². The zero-order valence-electron chi connectivity index (χ0n) is 19.2. The molecule has 3 rings (SSSR count). The molecule has 1 aliphatic heterocycles. The summed E-state index contributed by atoms with van der Waals surface area (Å²) in [6, 6.07) is 11.0. The maximum absolute atomic E-state index is 12.8. The van der Waals surface area contributed by atoms with Crippen LogP contribution in [0, 0.1) is 20.8 Å². The topological polar surface area (TPSA) is 87.7 Å². The molecule has 7 nitrogen and oxygen atoms in total. The summed E-state index contributed by atoms with van der Waals surface area (Å²) < 4.78 is 5.80. The molecule has 2 N–H and O–H groups in total. The molecule has 32 heavy (non-hydrogen) atoms. The molecule has 0 unspecified atom stereocenters. The van der Waals surface area contributed by atoms with Crippen LogP contribution < -0.4 is 15.4 Å². The van der Waals surface area contributed by atoms with Crippen molar-refractivity contribution in [1.29, 1.82) is 0 Å². The minimum absolute atomic E-state index is 0.0144. The van der Waals surface area contributed by atoms with E-state index in [9.17, 15) is 14.4 Å². The normalized spacial score (nSPS) is 14.1. The van der Waals surface area contributed by atoms with Gasteiger partial charge in [0, 0.05) is 37.3 Å². The number of likely N-dealkylation sites (tertiary alicyclic amines) is 1. The molecular weight excluding hydrogens is 406 g/mol. The van der Waals surface area contributed by atoms with Crippen molar-refractivity contribution in [3.05, 3.63) is 58.7 Å². The first kappa shape index (κ1) is 23.3. The van der Waals surface area contributed by atoms with Crippen LogP contribution >= 0.6 is 0 Å². The Balaban J connectivity index is 1.48. The van der Waals surface area contributed by atoms with Crippen molar-refractivity contribution in [2.45, 2.75) is 46.6 Å². The third kappa shape index (κ3) is 5.87. The second-order valence-electron chi connectivity index (χ2n) is 8.34. The van der Waals surface area contributed by atoms with Crippen molar-refractivity contribution in [1.82, 2.24) is 10.2 Å². The minimum atomic E-state index is -0.178. The van der Waals surface area contributed by atoms with Gasteiger partial charge in [-0.3, -0.25) is 14.4 Å². The molecule has 170 valence electrons. The Kier molecular flexibility index (Phi) is 7.51. The highest BCUT2D eigenvalue weighted by Crippen LogP contribution is 2.25. The van der Waals surface area contributed by atoms with Crippen LogP contribution in [0.2, 0.25) is 0 Å². The molecule has 0 atom stereocenters. The summed E-state index contributed by atoms with van der Waals surface area (Å²) in [6.45, 7) is 8.51. The van der Waals surface area contributed by atoms with Gasteiger partial charge in [0.25, 0.3) is 11.8 Å². The highest BCUT2D eigenvalue weighted by molar-refractivity contribution is 5.96. The monoisotopic (exact) mass is 437 g/mol. The van der Waals surface area contributed by atoms with Gasteiger partial charge >= 0.3 is 0 Å². The summed E-state index contributed by atoms with van der Waals surface area (Å²) >= 11 is 0. The van der Waals surface area contributed by atoms with E-state index in [2.05, 4.69) is 10.6 Å². The maximum Gasteiger partial charge on any atom is 0.258 e. The number of amides is 3. The Morgan fingerprint density at radius 2 is 1.72 bits per heavy atom. The van der Waals surface area contributed by atoms with Crippen LogP contribution in [-0.2, 0) is 9.59 Å². The second-order valence-corrected chi connectivity index (χ2v) is 8.34. The molecule has 0 bridgehead atoms. The number of anilines is 1. The van der Waals surface area contributed by atoms with Crippen LogP contribution in [0.5, 0.6) is 5.75 Å². The van der Waals surface area contributed by atoms with Crippen LogP contribution in [0.1, 0.15) is 46.8 Å². The zero-order chi connectivity index (χ0) is 23.3. The molecule has 0 aromatic heterocycles. The first-order valence-corrected chi connectivity index (χ1v) is 10.9. The third-order valence-corrected chi connectivity index (χ3v) is 5.80. The molecule has 1 saturated heterocycles. The molecule has 1 heterocycles. The van der Waals surface area contributed by atoms with Gasteiger partial charge in [-0.2, -0.15) is 0 Å². The van der Waals surface area contributed by atoms with E-state index in [0.717, 1.165) is 22.4 Å². The summed E-state index contributed by atoms with van der Waals surface area (Å²) in [7, 11) is 0. The third-order valence-electron chi connectivity index (χ3n) is 5.80. The van der Waals surface area contributed by atoms with Gasteiger partial charge in [-0.05, 0) is 68.5 Å². The fourth-order valence-corrected chi connectivity index (χ4v) is 3.90. The summed E-state index contributed by atoms with van der Waals surface area (Å²) in [6.07, 6.45) is 1.37. The molecular formula is C25H31N3O4. The molecule has 1 fully saturated rings. The highest BCUT2D eigenvalue weighted by atomic mass is 16.5. The van der Waals surface area contributed by atoms with Crippen molar-refractivity contribution < 1.29 is 19.1 Å². The SMILES string of the molecule is CC(=O)Nc1cccc(C(=O)N2CCC(NC(=O)COc3c(C)ccc(C)c3C)CC2)c1. The van der Waals surface area contributed by atoms with Crippen molar-refractivity contribution in [3.63, 3.8) is 0 Å². The number of carbonyl (C=O) groups is 3. The van der Waals surface area contributed by atoms with E-state index >= 15 is 0 Å². The lowest BCUT2D eigenvalue weighted by Gasteiger charge is -2.32. The molecule has 0 spiro atoms. The first-order valence-electron chi connectivity index (χ1n) is 10.9. The molecule has 1 aliphatic rings. The summed E-state index contributed by atoms with van der Waals surface area (Å²) in [4.78, 5) is 38.3. The average molecular weight is 438 g/mol. The molecule has 7 heteroatoms. The van der Waals surface area contributed by atoms with Gasteiger partial charge in [-0.1, -0.05) is 18.2 Å². The predicted molar refractivity (Wildman–Crippen MR) is 124 cm³/mol. The van der Waals surface area contributed by atoms with Crippen LogP contribution in [0.3, 0.4) is 0 Å². The quantitative estimate of drug-likeness (QED) is 0.725. The molecule has 0 radical (unpaired) electrons. The Morgan fingerprint density at radius 1 is 1.03 bits per heavy atom. The number of benzene rings is 2. The van der Waals surface area contributed by atoms with Gasteiger partial charge in [0.2, 0.25) is 5.91 Å². The van der Waals surface area contributed by atoms with Crippen molar-refractivity contribution in [3.8, 4) is 5.75 Å². The molecule has 0 saturated carbocycles. The van der Waals surface area contributed by atoms with E-state index in [0.29, 0.717) is 37.2 Å². The molecule has 2 aromatic rings. The number of ether oxygens (including phenoxy) is 1. The van der Waals surface area contributed by atoms with E-state index in [1.54, 1.807) is 29.2 Å². The van der Waals surface area contributed by atoms with Gasteiger partial charge in [0.15, 0.2) is 6.61 Å². The van der Waals surface area contributed by atoms with Gasteiger partial charge < -0.3 is 20.3 Å². The van der Waals surface area contributed by atoms with E-state index in [-0.39, 0.29) is 30.4 Å². The number of rotatable bonds is 6. The number of hydrogen-bond donors (Lipinski definition) is 2. The number of nitrogens with one attached hydrogen (secondary N) is 2. The van der Waals surface area contributed by atoms with Crippen molar-refractivity contribution in [2.75, 3.05) is 25.0 Å². The van der Waals surface area contributed by atoms with Crippen LogP contribution in [-0.4, -0.2) is 48.4 Å². The number of carbonyl (C=O) groups excluding carboxylic acids is 3. The summed E-state index contributed by atoms with van der Waals surface area (Å²) in [5, 5.41) is 5.72. The van der Waals surface area contributed by atoms with E-state index < -0.39 is 0 Å². The molecule has 0 aliphatic carbocycles. The summed E-state index contributed by atoms with van der Waals surface area (Å²) in [5.41, 5.74) is 4.33. The Labute approximate surface area is 189 Å². The predicted octanol–water partition coefficient (Wildman–Crippen LogP) is 3.37. The molecule has 2 aromatic carbocycles. The van der Waals surface area contributed by atoms with Gasteiger partial charge in [0.1, 0.15) is 5.75 Å². The second kappa shape index (κ2) is 10.3. The fraction of sp³-hybridized carbons (Fsp3) is 0.400. The lowest BCUT2D eigenvalue weighted by molar-refractivity contribution is -0.124. The number of piperidine rings is 1. The fourth-order valence-electron chi connectivity index (χ4n) is 3.90. The Morgan fingerprint density at radius 3 is 2.41 bits per heavy atom. The standard InChI is InChI=1S/C25H31N3O4/c1-16-8-9-17(2)24(18(16)3)32-15-23(30)27-21-10-12-28(13-11-21)25(31)20-6-5-7-22(14-20)26-19(4)29/h5-9,14,21H,10-13,15H2,1-4H3,(H,26,29)(H,27,30). The van der Waals surface area contributed by atoms with E-state index in [4.69, 9.17) is 4.74 Å². The smallest absolute Gasteiger partial charge is 0.258 e. The zero-order valence-corrected chi connectivity index (χ0v) is 19.2. The highest BCUT2D eigenvalue weighted by Gasteiger charge is 2.25. The van der Waals surface area contributed by atoms with E-state index in [1.807, 2.05) is 32.9 Å². The minimum Gasteiger partial charge on any atom is -0.483 e. The molecule has 3 amide bonds. The van der Waals surface area contributed by atoms with Gasteiger partial charge in [0.05, 0.1) is 0 Å². The van der Waals surface area contributed by atoms with Crippen LogP contribution in [0.4, 0.5) is 5.69 Å². The maximum atomic E-state index is 12.8. The lowest BCUT2D eigenvalue weighted by Crippen LogP contribution is -2.47. The largest absolute Gasteiger partial charge is 0.483 e. The lowest BCUT2D eigenvalue weighted by atomic mass is 10.0. The van der Waals surface area contributed by atoms with Crippen molar-refractivity contribution in [2.24, 2.45) is 0 Å². The Bertz CT molecular complexity index is 1010. The Hall–Kier alpha value is -3.35. The first-order chi connectivity index (χ1) is 15.2. The average Bonchev–Trinajstić information content (AvgIpc) is 2.76. The number of nitrogens with zero attached hydrogens (tertiary/aromatic N) is 1. The summed E-state index contributed by atoms with van der Waals surface area (Å²) in [5.74, 6) is 0.360. The van der Waals surface area contributed by atoms with Crippen LogP contribution in [0.15, 0.2) is 36.4 Å².